The number of anilines is 1. The molecule has 0 bridgehead atoms. The highest BCUT2D eigenvalue weighted by molar-refractivity contribution is 7.92. The number of hydrogen-bond acceptors (Lipinski definition) is 4. The van der Waals surface area contributed by atoms with Crippen molar-refractivity contribution in [3.05, 3.63) is 52.7 Å². The maximum absolute atomic E-state index is 11.9. The molecule has 0 unspecified atom stereocenters. The van der Waals surface area contributed by atoms with Crippen molar-refractivity contribution in [2.45, 2.75) is 6.42 Å². The van der Waals surface area contributed by atoms with Gasteiger partial charge in [-0.25, -0.2) is 8.42 Å². The predicted octanol–water partition coefficient (Wildman–Crippen LogP) is 1.87. The number of benzene rings is 1. The zero-order valence-electron chi connectivity index (χ0n) is 12.2. The molecular formula is C15H18N2O3S2. The highest BCUT2D eigenvalue weighted by Crippen LogP contribution is 2.15. The molecular weight excluding hydrogens is 320 g/mol. The van der Waals surface area contributed by atoms with Crippen LogP contribution in [0.3, 0.4) is 0 Å². The average molecular weight is 338 g/mol. The number of rotatable bonds is 7. The minimum atomic E-state index is -3.38. The van der Waals surface area contributed by atoms with E-state index in [2.05, 4.69) is 5.32 Å². The molecule has 7 heteroatoms. The Morgan fingerprint density at radius 3 is 2.50 bits per heavy atom. The van der Waals surface area contributed by atoms with Crippen LogP contribution < -0.4 is 9.62 Å². The molecule has 0 saturated heterocycles. The Morgan fingerprint density at radius 1 is 1.18 bits per heavy atom. The van der Waals surface area contributed by atoms with Crippen LogP contribution in [0.15, 0.2) is 47.8 Å². The standard InChI is InChI=1S/C15H18N2O3S2/c1-22(19,20)17(13-6-3-2-4-7-13)10-9-16-15(18)12-14-8-5-11-21-14/h2-8,11H,9-10,12H2,1H3,(H,16,18). The van der Waals surface area contributed by atoms with E-state index in [1.165, 1.54) is 15.6 Å². The number of para-hydroxylation sites is 1. The van der Waals surface area contributed by atoms with E-state index in [0.717, 1.165) is 11.1 Å². The summed E-state index contributed by atoms with van der Waals surface area (Å²) < 4.78 is 25.0. The van der Waals surface area contributed by atoms with Gasteiger partial charge in [0.1, 0.15) is 0 Å². The number of thiophene rings is 1. The average Bonchev–Trinajstić information content (AvgIpc) is 2.96. The molecule has 1 amide bonds. The second kappa shape index (κ2) is 7.42. The zero-order chi connectivity index (χ0) is 16.0. The third-order valence-corrected chi connectivity index (χ3v) is 5.07. The van der Waals surface area contributed by atoms with Gasteiger partial charge >= 0.3 is 0 Å². The normalized spacial score (nSPS) is 11.1. The first-order chi connectivity index (χ1) is 10.5. The lowest BCUT2D eigenvalue weighted by Gasteiger charge is -2.22. The van der Waals surface area contributed by atoms with Gasteiger partial charge in [0.05, 0.1) is 24.9 Å². The van der Waals surface area contributed by atoms with Gasteiger partial charge in [-0.15, -0.1) is 11.3 Å². The van der Waals surface area contributed by atoms with Crippen LogP contribution in [-0.4, -0.2) is 33.7 Å². The Labute approximate surface area is 134 Å². The van der Waals surface area contributed by atoms with Crippen LogP contribution in [0, 0.1) is 0 Å². The maximum atomic E-state index is 11.9. The van der Waals surface area contributed by atoms with E-state index in [9.17, 15) is 13.2 Å². The fourth-order valence-corrected chi connectivity index (χ4v) is 3.64. The van der Waals surface area contributed by atoms with E-state index < -0.39 is 10.0 Å². The molecule has 5 nitrogen and oxygen atoms in total. The van der Waals surface area contributed by atoms with E-state index in [1.807, 2.05) is 23.6 Å². The summed E-state index contributed by atoms with van der Waals surface area (Å²) >= 11 is 1.53. The van der Waals surface area contributed by atoms with Crippen molar-refractivity contribution < 1.29 is 13.2 Å². The highest BCUT2D eigenvalue weighted by Gasteiger charge is 2.16. The second-order valence-corrected chi connectivity index (χ2v) is 7.72. The quantitative estimate of drug-likeness (QED) is 0.838. The SMILES string of the molecule is CS(=O)(=O)N(CCNC(=O)Cc1cccs1)c1ccccc1. The number of carbonyl (C=O) groups excluding carboxylic acids is 1. The smallest absolute Gasteiger partial charge is 0.232 e. The van der Waals surface area contributed by atoms with E-state index in [-0.39, 0.29) is 19.0 Å². The zero-order valence-corrected chi connectivity index (χ0v) is 13.9. The van der Waals surface area contributed by atoms with Crippen molar-refractivity contribution in [2.24, 2.45) is 0 Å². The van der Waals surface area contributed by atoms with Crippen molar-refractivity contribution >= 4 is 33.0 Å². The minimum Gasteiger partial charge on any atom is -0.354 e. The van der Waals surface area contributed by atoms with E-state index in [4.69, 9.17) is 0 Å². The fraction of sp³-hybridized carbons (Fsp3) is 0.267. The minimum absolute atomic E-state index is 0.107. The van der Waals surface area contributed by atoms with Gasteiger partial charge in [-0.05, 0) is 23.6 Å². The number of amides is 1. The van der Waals surface area contributed by atoms with Crippen LogP contribution in [0.1, 0.15) is 4.88 Å². The maximum Gasteiger partial charge on any atom is 0.232 e. The Morgan fingerprint density at radius 2 is 1.91 bits per heavy atom. The molecule has 1 N–H and O–H groups in total. The van der Waals surface area contributed by atoms with Gasteiger partial charge in [-0.3, -0.25) is 9.10 Å². The van der Waals surface area contributed by atoms with E-state index in [1.54, 1.807) is 24.3 Å². The molecule has 0 fully saturated rings. The van der Waals surface area contributed by atoms with Gasteiger partial charge in [0.25, 0.3) is 0 Å². The molecule has 1 heterocycles. The van der Waals surface area contributed by atoms with Crippen LogP contribution >= 0.6 is 11.3 Å². The topological polar surface area (TPSA) is 66.5 Å². The van der Waals surface area contributed by atoms with Crippen molar-refractivity contribution in [1.82, 2.24) is 5.32 Å². The summed E-state index contributed by atoms with van der Waals surface area (Å²) in [6, 6.07) is 12.6. The third-order valence-electron chi connectivity index (χ3n) is 3.00. The first-order valence-corrected chi connectivity index (χ1v) is 9.51. The van der Waals surface area contributed by atoms with Gasteiger partial charge in [-0.2, -0.15) is 0 Å². The van der Waals surface area contributed by atoms with Crippen molar-refractivity contribution in [3.63, 3.8) is 0 Å². The number of nitrogens with zero attached hydrogens (tertiary/aromatic N) is 1. The van der Waals surface area contributed by atoms with Crippen LogP contribution in [0.4, 0.5) is 5.69 Å². The van der Waals surface area contributed by atoms with Crippen molar-refractivity contribution in [3.8, 4) is 0 Å². The lowest BCUT2D eigenvalue weighted by Crippen LogP contribution is -2.38. The van der Waals surface area contributed by atoms with Gasteiger partial charge in [-0.1, -0.05) is 24.3 Å². The van der Waals surface area contributed by atoms with Crippen LogP contribution in [-0.2, 0) is 21.2 Å². The molecule has 0 spiro atoms. The van der Waals surface area contributed by atoms with E-state index >= 15 is 0 Å². The molecule has 0 atom stereocenters. The predicted molar refractivity (Wildman–Crippen MR) is 89.7 cm³/mol. The van der Waals surface area contributed by atoms with Crippen molar-refractivity contribution in [1.29, 1.82) is 0 Å². The monoisotopic (exact) mass is 338 g/mol. The molecule has 0 aliphatic carbocycles. The van der Waals surface area contributed by atoms with Gasteiger partial charge in [0.2, 0.25) is 15.9 Å². The number of sulfonamides is 1. The molecule has 0 saturated carbocycles. The molecule has 2 aromatic rings. The number of hydrogen-bond donors (Lipinski definition) is 1. The van der Waals surface area contributed by atoms with E-state index in [0.29, 0.717) is 12.1 Å². The van der Waals surface area contributed by atoms with Crippen LogP contribution in [0.5, 0.6) is 0 Å². The summed E-state index contributed by atoms with van der Waals surface area (Å²) in [6.07, 6.45) is 1.48. The summed E-state index contributed by atoms with van der Waals surface area (Å²) in [5.41, 5.74) is 0.595. The van der Waals surface area contributed by atoms with Gasteiger partial charge in [0.15, 0.2) is 0 Å². The van der Waals surface area contributed by atoms with Gasteiger partial charge < -0.3 is 5.32 Å². The molecule has 0 radical (unpaired) electrons. The molecule has 2 rings (SSSR count). The summed E-state index contributed by atoms with van der Waals surface area (Å²) in [5, 5.41) is 4.67. The molecule has 1 aromatic carbocycles. The Bertz CT molecular complexity index is 698. The highest BCUT2D eigenvalue weighted by atomic mass is 32.2. The fourth-order valence-electron chi connectivity index (χ4n) is 2.01. The lowest BCUT2D eigenvalue weighted by molar-refractivity contribution is -0.120. The summed E-state index contributed by atoms with van der Waals surface area (Å²) in [5.74, 6) is -0.107. The Kier molecular flexibility index (Phi) is 5.57. The van der Waals surface area contributed by atoms with Crippen molar-refractivity contribution in [2.75, 3.05) is 23.7 Å². The number of nitrogens with one attached hydrogen (secondary N) is 1. The Hall–Kier alpha value is -1.86. The lowest BCUT2D eigenvalue weighted by atomic mass is 10.3. The summed E-state index contributed by atoms with van der Waals surface area (Å²) in [6.45, 7) is 0.477. The first kappa shape index (κ1) is 16.5. The Balaban J connectivity index is 1.91. The second-order valence-electron chi connectivity index (χ2n) is 4.78. The molecule has 0 aliphatic rings. The van der Waals surface area contributed by atoms with Gasteiger partial charge in [0, 0.05) is 11.4 Å². The molecule has 0 aliphatic heterocycles. The van der Waals surface area contributed by atoms with Crippen LogP contribution in [0.2, 0.25) is 0 Å². The first-order valence-electron chi connectivity index (χ1n) is 6.78. The molecule has 22 heavy (non-hydrogen) atoms. The third kappa shape index (κ3) is 4.85. The molecule has 118 valence electrons. The number of carbonyl (C=O) groups is 1. The van der Waals surface area contributed by atoms with Crippen LogP contribution in [0.25, 0.3) is 0 Å². The summed E-state index contributed by atoms with van der Waals surface area (Å²) in [7, 11) is -3.38. The summed E-state index contributed by atoms with van der Waals surface area (Å²) in [4.78, 5) is 12.8. The largest absolute Gasteiger partial charge is 0.354 e. The molecule has 1 aromatic heterocycles.